The summed E-state index contributed by atoms with van der Waals surface area (Å²) in [6.07, 6.45) is 5.49. The van der Waals surface area contributed by atoms with E-state index >= 15 is 0 Å². The lowest BCUT2D eigenvalue weighted by Gasteiger charge is -2.33. The van der Waals surface area contributed by atoms with Crippen LogP contribution in [0.1, 0.15) is 36.8 Å². The van der Waals surface area contributed by atoms with Gasteiger partial charge in [0.1, 0.15) is 0 Å². The summed E-state index contributed by atoms with van der Waals surface area (Å²) >= 11 is 0. The molecular weight excluding hydrogens is 220 g/mol. The molecule has 98 valence electrons. The van der Waals surface area contributed by atoms with Crippen LogP contribution < -0.4 is 5.32 Å². The zero-order valence-electron chi connectivity index (χ0n) is 11.6. The molecule has 3 rings (SSSR count). The maximum absolute atomic E-state index is 3.81. The first-order valence-electron chi connectivity index (χ1n) is 7.32. The van der Waals surface area contributed by atoms with Crippen LogP contribution in [0.4, 0.5) is 5.69 Å². The van der Waals surface area contributed by atoms with Gasteiger partial charge in [-0.05, 0) is 56.8 Å². The van der Waals surface area contributed by atoms with Gasteiger partial charge in [-0.25, -0.2) is 0 Å². The molecule has 2 nitrogen and oxygen atoms in total. The Balaban J connectivity index is 1.74. The number of benzene rings is 1. The summed E-state index contributed by atoms with van der Waals surface area (Å²) in [5.41, 5.74) is 4.06. The highest BCUT2D eigenvalue weighted by atomic mass is 15.2. The second-order valence-corrected chi connectivity index (χ2v) is 5.96. The molecule has 0 spiro atoms. The Labute approximate surface area is 110 Å². The zero-order chi connectivity index (χ0) is 12.5. The van der Waals surface area contributed by atoms with Crippen molar-refractivity contribution in [2.75, 3.05) is 18.4 Å². The normalized spacial score (nSPS) is 28.1. The van der Waals surface area contributed by atoms with Gasteiger partial charge in [0.2, 0.25) is 0 Å². The first-order chi connectivity index (χ1) is 8.74. The van der Waals surface area contributed by atoms with Gasteiger partial charge in [-0.15, -0.1) is 0 Å². The fourth-order valence-electron chi connectivity index (χ4n) is 3.51. The van der Waals surface area contributed by atoms with Crippen LogP contribution in [-0.4, -0.2) is 30.1 Å². The summed E-state index contributed by atoms with van der Waals surface area (Å²) in [6.45, 7) is 6.98. The number of anilines is 1. The van der Waals surface area contributed by atoms with Crippen LogP contribution >= 0.6 is 0 Å². The Hall–Kier alpha value is -1.02. The van der Waals surface area contributed by atoms with Gasteiger partial charge in [-0.1, -0.05) is 18.6 Å². The second-order valence-electron chi connectivity index (χ2n) is 5.96. The van der Waals surface area contributed by atoms with Crippen LogP contribution in [0.5, 0.6) is 0 Å². The number of nitrogens with zero attached hydrogens (tertiary/aromatic N) is 1. The molecule has 2 unspecified atom stereocenters. The SMILES string of the molecule is Cc1ccc(C)c(NC2CCN3CCCCC23)c1. The van der Waals surface area contributed by atoms with Crippen LogP contribution in [0.2, 0.25) is 0 Å². The first kappa shape index (κ1) is 12.0. The van der Waals surface area contributed by atoms with Gasteiger partial charge in [-0.3, -0.25) is 4.90 Å². The molecule has 0 aliphatic carbocycles. The van der Waals surface area contributed by atoms with Crippen LogP contribution in [0.3, 0.4) is 0 Å². The Morgan fingerprint density at radius 2 is 2.00 bits per heavy atom. The number of nitrogens with one attached hydrogen (secondary N) is 1. The van der Waals surface area contributed by atoms with Crippen LogP contribution in [0.15, 0.2) is 18.2 Å². The topological polar surface area (TPSA) is 15.3 Å². The largest absolute Gasteiger partial charge is 0.380 e. The van der Waals surface area contributed by atoms with E-state index in [0.29, 0.717) is 6.04 Å². The molecular formula is C16H24N2. The standard InChI is InChI=1S/C16H24N2/c1-12-6-7-13(2)15(11-12)17-14-8-10-18-9-4-3-5-16(14)18/h6-7,11,14,16-17H,3-5,8-10H2,1-2H3. The lowest BCUT2D eigenvalue weighted by Crippen LogP contribution is -2.41. The monoisotopic (exact) mass is 244 g/mol. The quantitative estimate of drug-likeness (QED) is 0.858. The highest BCUT2D eigenvalue weighted by molar-refractivity contribution is 5.53. The van der Waals surface area contributed by atoms with Gasteiger partial charge in [0, 0.05) is 24.3 Å². The predicted molar refractivity (Wildman–Crippen MR) is 77.2 cm³/mol. The van der Waals surface area contributed by atoms with Gasteiger partial charge in [0.25, 0.3) is 0 Å². The van der Waals surface area contributed by atoms with E-state index in [1.165, 1.54) is 55.6 Å². The van der Waals surface area contributed by atoms with Crippen molar-refractivity contribution in [2.24, 2.45) is 0 Å². The van der Waals surface area contributed by atoms with E-state index in [-0.39, 0.29) is 0 Å². The van der Waals surface area contributed by atoms with Gasteiger partial charge < -0.3 is 5.32 Å². The van der Waals surface area contributed by atoms with Crippen molar-refractivity contribution < 1.29 is 0 Å². The number of piperidine rings is 1. The molecule has 2 saturated heterocycles. The lowest BCUT2D eigenvalue weighted by atomic mass is 9.98. The van der Waals surface area contributed by atoms with Crippen LogP contribution in [0, 0.1) is 13.8 Å². The molecule has 2 heteroatoms. The molecule has 1 N–H and O–H groups in total. The van der Waals surface area contributed by atoms with E-state index in [1.807, 2.05) is 0 Å². The van der Waals surface area contributed by atoms with E-state index in [4.69, 9.17) is 0 Å². The summed E-state index contributed by atoms with van der Waals surface area (Å²) in [6, 6.07) is 8.15. The average Bonchev–Trinajstić information content (AvgIpc) is 2.78. The third-order valence-corrected chi connectivity index (χ3v) is 4.59. The van der Waals surface area contributed by atoms with Crippen molar-refractivity contribution in [1.82, 2.24) is 4.90 Å². The predicted octanol–water partition coefficient (Wildman–Crippen LogP) is 3.34. The summed E-state index contributed by atoms with van der Waals surface area (Å²) in [4.78, 5) is 2.69. The van der Waals surface area contributed by atoms with Crippen molar-refractivity contribution in [2.45, 2.75) is 51.6 Å². The minimum atomic E-state index is 0.658. The molecule has 0 bridgehead atoms. The molecule has 2 fully saturated rings. The highest BCUT2D eigenvalue weighted by Gasteiger charge is 2.35. The van der Waals surface area contributed by atoms with E-state index in [0.717, 1.165) is 6.04 Å². The number of aryl methyl sites for hydroxylation is 2. The van der Waals surface area contributed by atoms with E-state index in [9.17, 15) is 0 Å². The van der Waals surface area contributed by atoms with Crippen molar-refractivity contribution in [3.63, 3.8) is 0 Å². The summed E-state index contributed by atoms with van der Waals surface area (Å²) in [5.74, 6) is 0. The first-order valence-corrected chi connectivity index (χ1v) is 7.32. The third kappa shape index (κ3) is 2.26. The molecule has 0 radical (unpaired) electrons. The maximum Gasteiger partial charge on any atom is 0.0429 e. The van der Waals surface area contributed by atoms with Gasteiger partial charge in [0.15, 0.2) is 0 Å². The van der Waals surface area contributed by atoms with Crippen molar-refractivity contribution in [1.29, 1.82) is 0 Å². The zero-order valence-corrected chi connectivity index (χ0v) is 11.6. The molecule has 2 heterocycles. The number of rotatable bonds is 2. The van der Waals surface area contributed by atoms with Crippen molar-refractivity contribution in [3.8, 4) is 0 Å². The Bertz CT molecular complexity index is 427. The minimum absolute atomic E-state index is 0.658. The molecule has 2 aliphatic heterocycles. The number of hydrogen-bond donors (Lipinski definition) is 1. The fraction of sp³-hybridized carbons (Fsp3) is 0.625. The Morgan fingerprint density at radius 3 is 2.89 bits per heavy atom. The molecule has 0 amide bonds. The summed E-state index contributed by atoms with van der Waals surface area (Å²) < 4.78 is 0. The van der Waals surface area contributed by atoms with Gasteiger partial charge in [-0.2, -0.15) is 0 Å². The summed E-state index contributed by atoms with van der Waals surface area (Å²) in [5, 5.41) is 3.81. The molecule has 1 aromatic carbocycles. The molecule has 1 aromatic rings. The van der Waals surface area contributed by atoms with Crippen molar-refractivity contribution in [3.05, 3.63) is 29.3 Å². The minimum Gasteiger partial charge on any atom is -0.380 e. The van der Waals surface area contributed by atoms with E-state index in [2.05, 4.69) is 42.3 Å². The lowest BCUT2D eigenvalue weighted by molar-refractivity contribution is 0.193. The van der Waals surface area contributed by atoms with Crippen LogP contribution in [-0.2, 0) is 0 Å². The molecule has 2 atom stereocenters. The molecule has 0 saturated carbocycles. The Kier molecular flexibility index (Phi) is 3.29. The molecule has 2 aliphatic rings. The average molecular weight is 244 g/mol. The summed E-state index contributed by atoms with van der Waals surface area (Å²) in [7, 11) is 0. The van der Waals surface area contributed by atoms with Crippen LogP contribution in [0.25, 0.3) is 0 Å². The van der Waals surface area contributed by atoms with E-state index in [1.54, 1.807) is 0 Å². The fourth-order valence-corrected chi connectivity index (χ4v) is 3.51. The highest BCUT2D eigenvalue weighted by Crippen LogP contribution is 2.30. The number of hydrogen-bond acceptors (Lipinski definition) is 2. The smallest absolute Gasteiger partial charge is 0.0429 e. The van der Waals surface area contributed by atoms with E-state index < -0.39 is 0 Å². The number of fused-ring (bicyclic) bond motifs is 1. The second kappa shape index (κ2) is 4.93. The molecule has 18 heavy (non-hydrogen) atoms. The van der Waals surface area contributed by atoms with Gasteiger partial charge in [0.05, 0.1) is 0 Å². The third-order valence-electron chi connectivity index (χ3n) is 4.59. The molecule has 0 aromatic heterocycles. The van der Waals surface area contributed by atoms with Gasteiger partial charge >= 0.3 is 0 Å². The Morgan fingerprint density at radius 1 is 1.11 bits per heavy atom. The van der Waals surface area contributed by atoms with Crippen molar-refractivity contribution >= 4 is 5.69 Å². The maximum atomic E-state index is 3.81.